The van der Waals surface area contributed by atoms with Crippen LogP contribution in [0.5, 0.6) is 11.5 Å². The molecule has 6 rings (SSSR count). The standard InChI is InChI=1S/C25H32N4O3.C25H34N4O2/c1-7-14-32-20-12-10-19(11-13-20)24-21(15-22(31)28(8-2)9-3)25-26-16(4)23(18(6)30)17(5)29(25)27-24;1-6-10-20-16-18(5)29-25(26-20)22(17-23(30)28(8-3)9-4)24(27-29)19-11-13-21(14-12-19)31-15-7-2/h10-13H,7-9,14-15H2,1-6H3;11-14,16H,6-10,15,17H2,1-5H3. The second-order valence-corrected chi connectivity index (χ2v) is 15.7. The fourth-order valence-corrected chi connectivity index (χ4v) is 7.87. The van der Waals surface area contributed by atoms with Gasteiger partial charge in [-0.25, -0.2) is 19.0 Å². The molecule has 0 aliphatic heterocycles. The number of nitrogens with zero attached hydrogens (tertiary/aromatic N) is 8. The number of amides is 2. The van der Waals surface area contributed by atoms with Crippen LogP contribution in [0, 0.1) is 20.8 Å². The maximum absolute atomic E-state index is 13.0. The van der Waals surface area contributed by atoms with E-state index in [9.17, 15) is 14.4 Å². The van der Waals surface area contributed by atoms with Gasteiger partial charge in [0.2, 0.25) is 11.8 Å². The normalized spacial score (nSPS) is 11.1. The highest BCUT2D eigenvalue weighted by atomic mass is 16.5. The van der Waals surface area contributed by atoms with Crippen LogP contribution in [0.2, 0.25) is 0 Å². The third-order valence-corrected chi connectivity index (χ3v) is 11.1. The highest BCUT2D eigenvalue weighted by Crippen LogP contribution is 2.31. The van der Waals surface area contributed by atoms with E-state index in [0.29, 0.717) is 62.0 Å². The summed E-state index contributed by atoms with van der Waals surface area (Å²) in [6, 6.07) is 17.8. The molecule has 4 heterocycles. The van der Waals surface area contributed by atoms with Gasteiger partial charge in [0.25, 0.3) is 0 Å². The number of rotatable bonds is 19. The molecule has 2 amide bonds. The van der Waals surface area contributed by atoms with E-state index in [4.69, 9.17) is 29.6 Å². The predicted molar refractivity (Wildman–Crippen MR) is 250 cm³/mol. The fourth-order valence-electron chi connectivity index (χ4n) is 7.87. The zero-order valence-corrected chi connectivity index (χ0v) is 39.3. The van der Waals surface area contributed by atoms with Gasteiger partial charge in [0, 0.05) is 59.8 Å². The van der Waals surface area contributed by atoms with Crippen molar-refractivity contribution in [3.63, 3.8) is 0 Å². The van der Waals surface area contributed by atoms with Gasteiger partial charge in [-0.1, -0.05) is 27.2 Å². The van der Waals surface area contributed by atoms with Crippen LogP contribution in [-0.2, 0) is 28.9 Å². The fraction of sp³-hybridized carbons (Fsp3) is 0.460. The number of hydrogen-bond donors (Lipinski definition) is 0. The van der Waals surface area contributed by atoms with Gasteiger partial charge in [0.15, 0.2) is 17.1 Å². The highest BCUT2D eigenvalue weighted by molar-refractivity contribution is 5.96. The summed E-state index contributed by atoms with van der Waals surface area (Å²) >= 11 is 0. The molecule has 63 heavy (non-hydrogen) atoms. The molecule has 0 fully saturated rings. The molecule has 0 aliphatic carbocycles. The maximum Gasteiger partial charge on any atom is 0.227 e. The monoisotopic (exact) mass is 859 g/mol. The Labute approximate surface area is 372 Å². The average molecular weight is 859 g/mol. The zero-order chi connectivity index (χ0) is 45.8. The van der Waals surface area contributed by atoms with E-state index in [1.165, 1.54) is 6.92 Å². The van der Waals surface area contributed by atoms with Crippen LogP contribution in [0.3, 0.4) is 0 Å². The number of hydrogen-bond acceptors (Lipinski definition) is 9. The number of likely N-dealkylation sites (N-methyl/N-ethyl adjacent to an activating group) is 2. The van der Waals surface area contributed by atoms with Crippen LogP contribution in [0.25, 0.3) is 33.8 Å². The Kier molecular flexibility index (Phi) is 17.0. The smallest absolute Gasteiger partial charge is 0.227 e. The molecule has 0 saturated carbocycles. The van der Waals surface area contributed by atoms with Gasteiger partial charge in [0.1, 0.15) is 11.5 Å². The molecule has 4 aromatic heterocycles. The van der Waals surface area contributed by atoms with E-state index in [0.717, 1.165) is 87.9 Å². The Morgan fingerprint density at radius 2 is 1.05 bits per heavy atom. The van der Waals surface area contributed by atoms with E-state index < -0.39 is 0 Å². The maximum atomic E-state index is 13.0. The summed E-state index contributed by atoms with van der Waals surface area (Å²) < 4.78 is 15.0. The number of aryl methyl sites for hydroxylation is 4. The molecule has 0 spiro atoms. The van der Waals surface area contributed by atoms with Gasteiger partial charge in [-0.15, -0.1) is 0 Å². The number of Topliss-reactive ketones (excluding diaryl/α,β-unsaturated/α-hetero) is 1. The van der Waals surface area contributed by atoms with Crippen LogP contribution in [0.15, 0.2) is 54.6 Å². The number of fused-ring (bicyclic) bond motifs is 2. The van der Waals surface area contributed by atoms with Crippen molar-refractivity contribution in [1.82, 2.24) is 39.0 Å². The van der Waals surface area contributed by atoms with Crippen molar-refractivity contribution in [3.8, 4) is 34.0 Å². The topological polar surface area (TPSA) is 137 Å². The molecule has 0 bridgehead atoms. The summed E-state index contributed by atoms with van der Waals surface area (Å²) in [7, 11) is 0. The Hall–Kier alpha value is -6.11. The Balaban J connectivity index is 0.000000238. The van der Waals surface area contributed by atoms with Crippen molar-refractivity contribution in [1.29, 1.82) is 0 Å². The molecular formula is C50H66N8O5. The van der Waals surface area contributed by atoms with Crippen LogP contribution in [-0.4, -0.2) is 96.0 Å². The highest BCUT2D eigenvalue weighted by Gasteiger charge is 2.25. The van der Waals surface area contributed by atoms with E-state index >= 15 is 0 Å². The summed E-state index contributed by atoms with van der Waals surface area (Å²) in [5.74, 6) is 1.72. The molecule has 0 atom stereocenters. The van der Waals surface area contributed by atoms with E-state index in [1.807, 2.05) is 106 Å². The van der Waals surface area contributed by atoms with Crippen LogP contribution >= 0.6 is 0 Å². The molecule has 6 aromatic rings. The van der Waals surface area contributed by atoms with Gasteiger partial charge < -0.3 is 19.3 Å². The van der Waals surface area contributed by atoms with Crippen molar-refractivity contribution in [2.45, 2.75) is 115 Å². The predicted octanol–water partition coefficient (Wildman–Crippen LogP) is 9.27. The first kappa shape index (κ1) is 47.9. The largest absolute Gasteiger partial charge is 0.494 e. The molecule has 0 aliphatic rings. The lowest BCUT2D eigenvalue weighted by Crippen LogP contribution is -2.31. The third-order valence-electron chi connectivity index (χ3n) is 11.1. The summed E-state index contributed by atoms with van der Waals surface area (Å²) in [5, 5.41) is 9.70. The summed E-state index contributed by atoms with van der Waals surface area (Å²) in [6.45, 7) is 25.6. The van der Waals surface area contributed by atoms with E-state index in [2.05, 4.69) is 26.8 Å². The number of ketones is 1. The van der Waals surface area contributed by atoms with E-state index in [-0.39, 0.29) is 30.4 Å². The first-order valence-corrected chi connectivity index (χ1v) is 22.6. The molecule has 0 radical (unpaired) electrons. The van der Waals surface area contributed by atoms with Gasteiger partial charge in [0.05, 0.1) is 54.4 Å². The summed E-state index contributed by atoms with van der Waals surface area (Å²) in [5.41, 5.74) is 10.4. The quantitative estimate of drug-likeness (QED) is 0.0730. The van der Waals surface area contributed by atoms with E-state index in [1.54, 1.807) is 9.42 Å². The number of carbonyl (C=O) groups excluding carboxylic acids is 3. The van der Waals surface area contributed by atoms with Crippen molar-refractivity contribution in [3.05, 3.63) is 94.1 Å². The van der Waals surface area contributed by atoms with Crippen molar-refractivity contribution in [2.75, 3.05) is 39.4 Å². The van der Waals surface area contributed by atoms with Gasteiger partial charge in [-0.05, 0) is 129 Å². The average Bonchev–Trinajstić information content (AvgIpc) is 3.82. The van der Waals surface area contributed by atoms with Crippen LogP contribution < -0.4 is 9.47 Å². The molecule has 2 aromatic carbocycles. The van der Waals surface area contributed by atoms with Gasteiger partial charge in [-0.3, -0.25) is 14.4 Å². The Morgan fingerprint density at radius 3 is 1.46 bits per heavy atom. The molecular weight excluding hydrogens is 793 g/mol. The van der Waals surface area contributed by atoms with Gasteiger partial charge >= 0.3 is 0 Å². The second-order valence-electron chi connectivity index (χ2n) is 15.7. The first-order valence-electron chi connectivity index (χ1n) is 22.6. The number of ether oxygens (including phenoxy) is 2. The molecule has 13 nitrogen and oxygen atoms in total. The minimum Gasteiger partial charge on any atom is -0.494 e. The molecule has 0 unspecified atom stereocenters. The minimum absolute atomic E-state index is 0.0294. The van der Waals surface area contributed by atoms with Crippen molar-refractivity contribution < 1.29 is 23.9 Å². The lowest BCUT2D eigenvalue weighted by atomic mass is 10.0. The first-order chi connectivity index (χ1) is 30.3. The molecule has 0 saturated heterocycles. The van der Waals surface area contributed by atoms with Crippen molar-refractivity contribution >= 4 is 28.9 Å². The van der Waals surface area contributed by atoms with Gasteiger partial charge in [-0.2, -0.15) is 10.2 Å². The molecule has 0 N–H and O–H groups in total. The minimum atomic E-state index is -0.0513. The number of carbonyl (C=O) groups is 3. The zero-order valence-electron chi connectivity index (χ0n) is 39.3. The molecule has 13 heteroatoms. The SMILES string of the molecule is CCCOc1ccc(-c2nn3c(C)c(C(C)=O)c(C)nc3c2CC(=O)N(CC)CC)cc1.CCCOc1ccc(-c2nn3c(C)cc(CCC)nc3c2CC(=O)N(CC)CC)cc1. The van der Waals surface area contributed by atoms with Crippen molar-refractivity contribution in [2.24, 2.45) is 0 Å². The number of benzene rings is 2. The summed E-state index contributed by atoms with van der Waals surface area (Å²) in [4.78, 5) is 51.5. The summed E-state index contributed by atoms with van der Waals surface area (Å²) in [6.07, 6.45) is 4.32. The lowest BCUT2D eigenvalue weighted by molar-refractivity contribution is -0.130. The van der Waals surface area contributed by atoms with Crippen LogP contribution in [0.4, 0.5) is 0 Å². The second kappa shape index (κ2) is 22.3. The lowest BCUT2D eigenvalue weighted by Gasteiger charge is -2.18. The Bertz CT molecular complexity index is 2500. The Morgan fingerprint density at radius 1 is 0.603 bits per heavy atom. The molecule has 336 valence electrons. The number of aromatic nitrogens is 6. The third kappa shape index (κ3) is 11.1. The van der Waals surface area contributed by atoms with Crippen LogP contribution in [0.1, 0.15) is 119 Å².